The fourth-order valence-corrected chi connectivity index (χ4v) is 4.17. The van der Waals surface area contributed by atoms with Gasteiger partial charge in [-0.3, -0.25) is 4.79 Å². The van der Waals surface area contributed by atoms with Crippen molar-refractivity contribution in [2.45, 2.75) is 45.6 Å². The molecule has 2 aromatic rings. The van der Waals surface area contributed by atoms with E-state index in [2.05, 4.69) is 36.9 Å². The van der Waals surface area contributed by atoms with Crippen molar-refractivity contribution in [3.63, 3.8) is 0 Å². The fourth-order valence-electron chi connectivity index (χ4n) is 4.17. The second kappa shape index (κ2) is 9.87. The quantitative estimate of drug-likeness (QED) is 0.586. The lowest BCUT2D eigenvalue weighted by molar-refractivity contribution is -0.112. The van der Waals surface area contributed by atoms with Gasteiger partial charge in [0.05, 0.1) is 11.9 Å². The second-order valence-electron chi connectivity index (χ2n) is 8.28. The minimum absolute atomic E-state index is 0.0142. The molecule has 8 heteroatoms. The number of anilines is 4. The van der Waals surface area contributed by atoms with E-state index in [0.29, 0.717) is 17.8 Å². The Morgan fingerprint density at radius 2 is 1.90 bits per heavy atom. The summed E-state index contributed by atoms with van der Waals surface area (Å²) >= 11 is 0. The molecule has 0 spiro atoms. The minimum atomic E-state index is 0.0142. The molecule has 2 fully saturated rings. The molecule has 4 rings (SSSR count). The van der Waals surface area contributed by atoms with Gasteiger partial charge in [0.1, 0.15) is 11.6 Å². The SMILES string of the molecule is CC(=O)C=C(C)c1cnc(Nc2ccc(N3CCNCC3)cn2)nc1NC1CCCC1. The van der Waals surface area contributed by atoms with Gasteiger partial charge < -0.3 is 20.9 Å². The lowest BCUT2D eigenvalue weighted by Crippen LogP contribution is -2.43. The molecule has 3 N–H and O–H groups in total. The number of carbonyl (C=O) groups excluding carboxylic acids is 1. The number of ketones is 1. The van der Waals surface area contributed by atoms with Crippen LogP contribution in [0.3, 0.4) is 0 Å². The standard InChI is InChI=1S/C23H31N7O/c1-16(13-17(2)31)20-15-26-23(29-22(20)27-18-5-3-4-6-18)28-21-8-7-19(14-25-21)30-11-9-24-10-12-30/h7-8,13-15,18,24H,3-6,9-12H2,1-2H3,(H2,25,26,27,28,29). The lowest BCUT2D eigenvalue weighted by atomic mass is 10.1. The maximum atomic E-state index is 11.6. The number of nitrogens with one attached hydrogen (secondary N) is 3. The van der Waals surface area contributed by atoms with Crippen LogP contribution in [-0.4, -0.2) is 53.0 Å². The molecule has 1 aliphatic carbocycles. The molecule has 1 saturated carbocycles. The fraction of sp³-hybridized carbons (Fsp3) is 0.478. The van der Waals surface area contributed by atoms with Gasteiger partial charge in [-0.05, 0) is 50.5 Å². The predicted molar refractivity (Wildman–Crippen MR) is 125 cm³/mol. The molecule has 2 aliphatic rings. The van der Waals surface area contributed by atoms with E-state index in [9.17, 15) is 4.79 Å². The molecule has 1 aliphatic heterocycles. The highest BCUT2D eigenvalue weighted by atomic mass is 16.1. The van der Waals surface area contributed by atoms with Gasteiger partial charge in [-0.1, -0.05) is 12.8 Å². The summed E-state index contributed by atoms with van der Waals surface area (Å²) in [6.07, 6.45) is 10.0. The number of allylic oxidation sites excluding steroid dienone is 2. The zero-order valence-electron chi connectivity index (χ0n) is 18.3. The van der Waals surface area contributed by atoms with Crippen LogP contribution in [0.25, 0.3) is 5.57 Å². The zero-order chi connectivity index (χ0) is 21.6. The first-order valence-corrected chi connectivity index (χ1v) is 11.1. The van der Waals surface area contributed by atoms with Crippen molar-refractivity contribution < 1.29 is 4.79 Å². The Labute approximate surface area is 183 Å². The van der Waals surface area contributed by atoms with E-state index in [1.807, 2.05) is 19.2 Å². The summed E-state index contributed by atoms with van der Waals surface area (Å²) in [5, 5.41) is 10.1. The smallest absolute Gasteiger partial charge is 0.230 e. The van der Waals surface area contributed by atoms with E-state index in [0.717, 1.165) is 61.7 Å². The predicted octanol–water partition coefficient (Wildman–Crippen LogP) is 3.37. The molecule has 0 atom stereocenters. The Morgan fingerprint density at radius 3 is 2.58 bits per heavy atom. The Kier molecular flexibility index (Phi) is 6.76. The van der Waals surface area contributed by atoms with Crippen LogP contribution >= 0.6 is 0 Å². The number of rotatable bonds is 7. The molecule has 0 radical (unpaired) electrons. The Balaban J connectivity index is 1.52. The van der Waals surface area contributed by atoms with E-state index in [1.54, 1.807) is 19.2 Å². The van der Waals surface area contributed by atoms with Gasteiger partial charge in [-0.15, -0.1) is 0 Å². The summed E-state index contributed by atoms with van der Waals surface area (Å²) in [5.41, 5.74) is 2.84. The molecule has 31 heavy (non-hydrogen) atoms. The van der Waals surface area contributed by atoms with Gasteiger partial charge in [-0.2, -0.15) is 4.98 Å². The third-order valence-electron chi connectivity index (χ3n) is 5.80. The molecular formula is C23H31N7O. The van der Waals surface area contributed by atoms with Crippen LogP contribution in [0.1, 0.15) is 45.1 Å². The van der Waals surface area contributed by atoms with Crippen molar-refractivity contribution in [3.05, 3.63) is 36.2 Å². The highest BCUT2D eigenvalue weighted by molar-refractivity contribution is 5.95. The van der Waals surface area contributed by atoms with Crippen molar-refractivity contribution in [1.82, 2.24) is 20.3 Å². The number of piperazine rings is 1. The molecule has 0 amide bonds. The molecule has 0 unspecified atom stereocenters. The number of aromatic nitrogens is 3. The topological polar surface area (TPSA) is 95.1 Å². The van der Waals surface area contributed by atoms with E-state index in [1.165, 1.54) is 12.8 Å². The molecule has 1 saturated heterocycles. The van der Waals surface area contributed by atoms with Crippen molar-refractivity contribution in [2.75, 3.05) is 41.7 Å². The van der Waals surface area contributed by atoms with E-state index in [-0.39, 0.29) is 5.78 Å². The Bertz CT molecular complexity index is 929. The first-order chi connectivity index (χ1) is 15.1. The summed E-state index contributed by atoms with van der Waals surface area (Å²) in [5.74, 6) is 1.97. The van der Waals surface area contributed by atoms with Gasteiger partial charge in [0.25, 0.3) is 0 Å². The van der Waals surface area contributed by atoms with Gasteiger partial charge in [0.15, 0.2) is 5.78 Å². The lowest BCUT2D eigenvalue weighted by Gasteiger charge is -2.29. The van der Waals surface area contributed by atoms with Crippen LogP contribution in [0.2, 0.25) is 0 Å². The molecular weight excluding hydrogens is 390 g/mol. The molecule has 2 aromatic heterocycles. The molecule has 164 valence electrons. The second-order valence-corrected chi connectivity index (χ2v) is 8.28. The van der Waals surface area contributed by atoms with Crippen LogP contribution in [0.15, 0.2) is 30.6 Å². The summed E-state index contributed by atoms with van der Waals surface area (Å²) < 4.78 is 0. The summed E-state index contributed by atoms with van der Waals surface area (Å²) in [7, 11) is 0. The normalized spacial score (nSPS) is 17.6. The van der Waals surface area contributed by atoms with E-state index >= 15 is 0 Å². The van der Waals surface area contributed by atoms with Crippen LogP contribution in [0.4, 0.5) is 23.3 Å². The number of carbonyl (C=O) groups is 1. The number of hydrogen-bond donors (Lipinski definition) is 3. The molecule has 3 heterocycles. The van der Waals surface area contributed by atoms with Crippen molar-refractivity contribution in [2.24, 2.45) is 0 Å². The monoisotopic (exact) mass is 421 g/mol. The number of pyridine rings is 1. The zero-order valence-corrected chi connectivity index (χ0v) is 18.3. The average molecular weight is 422 g/mol. The Morgan fingerprint density at radius 1 is 1.13 bits per heavy atom. The average Bonchev–Trinajstić information content (AvgIpc) is 3.28. The van der Waals surface area contributed by atoms with Gasteiger partial charge in [0.2, 0.25) is 5.95 Å². The van der Waals surface area contributed by atoms with Crippen molar-refractivity contribution in [1.29, 1.82) is 0 Å². The third-order valence-corrected chi connectivity index (χ3v) is 5.80. The summed E-state index contributed by atoms with van der Waals surface area (Å²) in [6.45, 7) is 7.44. The van der Waals surface area contributed by atoms with Crippen LogP contribution in [0.5, 0.6) is 0 Å². The summed E-state index contributed by atoms with van der Waals surface area (Å²) in [6, 6.07) is 4.44. The molecule has 0 aromatic carbocycles. The van der Waals surface area contributed by atoms with E-state index < -0.39 is 0 Å². The van der Waals surface area contributed by atoms with Crippen LogP contribution < -0.4 is 20.9 Å². The highest BCUT2D eigenvalue weighted by Gasteiger charge is 2.18. The summed E-state index contributed by atoms with van der Waals surface area (Å²) in [4.78, 5) is 27.6. The Hall–Kier alpha value is -3.00. The van der Waals surface area contributed by atoms with Gasteiger partial charge in [-0.25, -0.2) is 9.97 Å². The van der Waals surface area contributed by atoms with Crippen molar-refractivity contribution >= 4 is 34.6 Å². The molecule has 8 nitrogen and oxygen atoms in total. The maximum absolute atomic E-state index is 11.6. The maximum Gasteiger partial charge on any atom is 0.230 e. The largest absolute Gasteiger partial charge is 0.368 e. The third kappa shape index (κ3) is 5.58. The first kappa shape index (κ1) is 21.2. The van der Waals surface area contributed by atoms with Crippen LogP contribution in [-0.2, 0) is 4.79 Å². The van der Waals surface area contributed by atoms with E-state index in [4.69, 9.17) is 4.98 Å². The van der Waals surface area contributed by atoms with Gasteiger partial charge >= 0.3 is 0 Å². The van der Waals surface area contributed by atoms with Gasteiger partial charge in [0, 0.05) is 44.0 Å². The minimum Gasteiger partial charge on any atom is -0.368 e. The number of hydrogen-bond acceptors (Lipinski definition) is 8. The first-order valence-electron chi connectivity index (χ1n) is 11.1. The number of nitrogens with zero attached hydrogens (tertiary/aromatic N) is 4. The molecule has 0 bridgehead atoms. The van der Waals surface area contributed by atoms with Crippen LogP contribution in [0, 0.1) is 0 Å². The van der Waals surface area contributed by atoms with Crippen molar-refractivity contribution in [3.8, 4) is 0 Å². The highest BCUT2D eigenvalue weighted by Crippen LogP contribution is 2.28.